The van der Waals surface area contributed by atoms with E-state index in [-0.39, 0.29) is 23.5 Å². The molecule has 0 atom stereocenters. The molecule has 0 amide bonds. The average Bonchev–Trinajstić information content (AvgIpc) is 2.27. The first kappa shape index (κ1) is 12.0. The molecule has 94 valence electrons. The van der Waals surface area contributed by atoms with E-state index in [1.54, 1.807) is 0 Å². The first-order valence-electron chi connectivity index (χ1n) is 4.87. The van der Waals surface area contributed by atoms with Crippen molar-refractivity contribution in [2.75, 3.05) is 11.5 Å². The Balaban J connectivity index is 2.28. The van der Waals surface area contributed by atoms with Gasteiger partial charge in [-0.1, -0.05) is 0 Å². The lowest BCUT2D eigenvalue weighted by Gasteiger charge is -2.05. The summed E-state index contributed by atoms with van der Waals surface area (Å²) in [5.74, 6) is 0.295. The number of halogens is 2. The van der Waals surface area contributed by atoms with Gasteiger partial charge >= 0.3 is 6.61 Å². The van der Waals surface area contributed by atoms with Crippen LogP contribution in [0.1, 0.15) is 0 Å². The molecule has 1 heterocycles. The van der Waals surface area contributed by atoms with Gasteiger partial charge in [0.25, 0.3) is 0 Å². The highest BCUT2D eigenvalue weighted by atomic mass is 19.3. The molecule has 0 spiro atoms. The van der Waals surface area contributed by atoms with Gasteiger partial charge in [-0.3, -0.25) is 0 Å². The maximum Gasteiger partial charge on any atom is 0.387 e. The van der Waals surface area contributed by atoms with E-state index in [0.29, 0.717) is 5.56 Å². The minimum absolute atomic E-state index is 0.00888. The third-order valence-corrected chi connectivity index (χ3v) is 2.01. The molecule has 6 nitrogen and oxygen atoms in total. The van der Waals surface area contributed by atoms with Crippen molar-refractivity contribution in [3.63, 3.8) is 0 Å². The monoisotopic (exact) mass is 253 g/mol. The molecule has 1 aromatic heterocycles. The maximum atomic E-state index is 12.0. The number of hydrogen-bond donors (Lipinski definition) is 2. The highest BCUT2D eigenvalue weighted by molar-refractivity contribution is 5.58. The second kappa shape index (κ2) is 4.78. The number of alkyl halides is 2. The number of benzene rings is 1. The lowest BCUT2D eigenvalue weighted by molar-refractivity contribution is -0.0498. The van der Waals surface area contributed by atoms with E-state index >= 15 is 0 Å². The molecular formula is C10H9F2N5O. The summed E-state index contributed by atoms with van der Waals surface area (Å²) in [5, 5.41) is 0. The summed E-state index contributed by atoms with van der Waals surface area (Å²) in [5.41, 5.74) is 11.4. The van der Waals surface area contributed by atoms with E-state index in [1.807, 2.05) is 0 Å². The van der Waals surface area contributed by atoms with Gasteiger partial charge < -0.3 is 16.2 Å². The number of ether oxygens (including phenoxy) is 1. The summed E-state index contributed by atoms with van der Waals surface area (Å²) in [6.45, 7) is -2.86. The topological polar surface area (TPSA) is 99.9 Å². The minimum Gasteiger partial charge on any atom is -0.435 e. The Hall–Kier alpha value is -2.51. The van der Waals surface area contributed by atoms with E-state index in [2.05, 4.69) is 19.7 Å². The zero-order valence-corrected chi connectivity index (χ0v) is 9.05. The Bertz CT molecular complexity index is 526. The zero-order chi connectivity index (χ0) is 13.1. The highest BCUT2D eigenvalue weighted by Crippen LogP contribution is 2.21. The van der Waals surface area contributed by atoms with Gasteiger partial charge in [-0.2, -0.15) is 23.7 Å². The van der Waals surface area contributed by atoms with Crippen LogP contribution in [0, 0.1) is 0 Å². The van der Waals surface area contributed by atoms with Crippen LogP contribution in [-0.4, -0.2) is 21.6 Å². The van der Waals surface area contributed by atoms with E-state index in [1.165, 1.54) is 24.3 Å². The third-order valence-electron chi connectivity index (χ3n) is 2.01. The molecule has 0 saturated heterocycles. The SMILES string of the molecule is Nc1nc(N)nc(-c2ccc(OC(F)F)cc2)n1. The average molecular weight is 253 g/mol. The zero-order valence-electron chi connectivity index (χ0n) is 9.05. The Morgan fingerprint density at radius 1 is 0.944 bits per heavy atom. The molecule has 0 aliphatic carbocycles. The van der Waals surface area contributed by atoms with Crippen LogP contribution >= 0.6 is 0 Å². The molecule has 0 radical (unpaired) electrons. The second-order valence-electron chi connectivity index (χ2n) is 3.28. The van der Waals surface area contributed by atoms with E-state index in [0.717, 1.165) is 0 Å². The van der Waals surface area contributed by atoms with E-state index in [9.17, 15) is 8.78 Å². The number of anilines is 2. The summed E-state index contributed by atoms with van der Waals surface area (Å²) in [4.78, 5) is 11.4. The molecule has 4 N–H and O–H groups in total. The molecule has 0 unspecified atom stereocenters. The number of nitrogen functional groups attached to an aromatic ring is 2. The summed E-state index contributed by atoms with van der Waals surface area (Å²) >= 11 is 0. The number of hydrogen-bond acceptors (Lipinski definition) is 6. The summed E-state index contributed by atoms with van der Waals surface area (Å²) < 4.78 is 28.1. The van der Waals surface area contributed by atoms with Gasteiger partial charge in [0, 0.05) is 5.56 Å². The van der Waals surface area contributed by atoms with Crippen LogP contribution in [0.3, 0.4) is 0 Å². The van der Waals surface area contributed by atoms with Gasteiger partial charge in [0.1, 0.15) is 5.75 Å². The Labute approximate surface area is 101 Å². The maximum absolute atomic E-state index is 12.0. The van der Waals surface area contributed by atoms with Crippen molar-refractivity contribution in [3.05, 3.63) is 24.3 Å². The molecule has 0 aliphatic heterocycles. The van der Waals surface area contributed by atoms with Gasteiger partial charge in [0.05, 0.1) is 0 Å². The molecule has 8 heteroatoms. The third kappa shape index (κ3) is 2.78. The number of aromatic nitrogens is 3. The second-order valence-corrected chi connectivity index (χ2v) is 3.28. The van der Waals surface area contributed by atoms with Crippen molar-refractivity contribution >= 4 is 11.9 Å². The minimum atomic E-state index is -2.86. The van der Waals surface area contributed by atoms with Gasteiger partial charge in [-0.25, -0.2) is 0 Å². The molecule has 1 aromatic carbocycles. The lowest BCUT2D eigenvalue weighted by Crippen LogP contribution is -2.04. The molecule has 2 rings (SSSR count). The quantitative estimate of drug-likeness (QED) is 0.855. The van der Waals surface area contributed by atoms with Crippen LogP contribution in [0.4, 0.5) is 20.7 Å². The van der Waals surface area contributed by atoms with Gasteiger partial charge in [0.2, 0.25) is 11.9 Å². The summed E-state index contributed by atoms with van der Waals surface area (Å²) in [6, 6.07) is 5.78. The number of nitrogens with zero attached hydrogens (tertiary/aromatic N) is 3. The van der Waals surface area contributed by atoms with Crippen LogP contribution in [0.5, 0.6) is 5.75 Å². The van der Waals surface area contributed by atoms with Crippen molar-refractivity contribution in [2.24, 2.45) is 0 Å². The molecule has 18 heavy (non-hydrogen) atoms. The van der Waals surface area contributed by atoms with Crippen molar-refractivity contribution < 1.29 is 13.5 Å². The number of nitrogens with two attached hydrogens (primary N) is 2. The predicted octanol–water partition coefficient (Wildman–Crippen LogP) is 1.30. The highest BCUT2D eigenvalue weighted by Gasteiger charge is 2.07. The van der Waals surface area contributed by atoms with Gasteiger partial charge in [0.15, 0.2) is 5.82 Å². The normalized spacial score (nSPS) is 10.6. The van der Waals surface area contributed by atoms with Crippen LogP contribution < -0.4 is 16.2 Å². The fourth-order valence-corrected chi connectivity index (χ4v) is 1.32. The standard InChI is InChI=1S/C10H9F2N5O/c11-8(12)18-6-3-1-5(2-4-6)7-15-9(13)17-10(14)16-7/h1-4,8H,(H4,13,14,15,16,17). The van der Waals surface area contributed by atoms with Crippen molar-refractivity contribution in [1.82, 2.24) is 15.0 Å². The predicted molar refractivity (Wildman–Crippen MR) is 60.7 cm³/mol. The van der Waals surface area contributed by atoms with Crippen LogP contribution in [-0.2, 0) is 0 Å². The molecule has 0 aliphatic rings. The molecule has 0 bridgehead atoms. The van der Waals surface area contributed by atoms with Crippen LogP contribution in [0.2, 0.25) is 0 Å². The first-order chi connectivity index (χ1) is 8.54. The molecule has 0 fully saturated rings. The number of rotatable bonds is 3. The van der Waals surface area contributed by atoms with Gasteiger partial charge in [-0.05, 0) is 24.3 Å². The largest absolute Gasteiger partial charge is 0.435 e. The van der Waals surface area contributed by atoms with Crippen molar-refractivity contribution in [3.8, 4) is 17.1 Å². The molecular weight excluding hydrogens is 244 g/mol. The Morgan fingerprint density at radius 3 is 2.00 bits per heavy atom. The van der Waals surface area contributed by atoms with Gasteiger partial charge in [-0.15, -0.1) is 0 Å². The molecule has 2 aromatic rings. The van der Waals surface area contributed by atoms with Crippen molar-refractivity contribution in [2.45, 2.75) is 6.61 Å². The summed E-state index contributed by atoms with van der Waals surface area (Å²) in [6.07, 6.45) is 0. The van der Waals surface area contributed by atoms with E-state index in [4.69, 9.17) is 11.5 Å². The van der Waals surface area contributed by atoms with Crippen LogP contribution in [0.15, 0.2) is 24.3 Å². The Kier molecular flexibility index (Phi) is 3.18. The van der Waals surface area contributed by atoms with E-state index < -0.39 is 6.61 Å². The fraction of sp³-hybridized carbons (Fsp3) is 0.100. The summed E-state index contributed by atoms with van der Waals surface area (Å²) in [7, 11) is 0. The Morgan fingerprint density at radius 2 is 1.50 bits per heavy atom. The molecule has 0 saturated carbocycles. The lowest BCUT2D eigenvalue weighted by atomic mass is 10.2. The van der Waals surface area contributed by atoms with Crippen molar-refractivity contribution in [1.29, 1.82) is 0 Å². The van der Waals surface area contributed by atoms with Crippen LogP contribution in [0.25, 0.3) is 11.4 Å². The smallest absolute Gasteiger partial charge is 0.387 e. The fourth-order valence-electron chi connectivity index (χ4n) is 1.32. The first-order valence-corrected chi connectivity index (χ1v) is 4.87.